The second-order valence-electron chi connectivity index (χ2n) is 4.22. The SMILES string of the molecule is N=C(Cl)C=C(C(=N)Cl)N(CCN)Cc1c(Cl)ccc(F)c1Cl. The van der Waals surface area contributed by atoms with Crippen LogP contribution >= 0.6 is 46.4 Å². The molecule has 0 aliphatic heterocycles. The number of allylic oxidation sites excluding steroid dienone is 2. The molecule has 0 aliphatic rings. The third-order valence-corrected chi connectivity index (χ3v) is 3.78. The molecule has 4 nitrogen and oxygen atoms in total. The predicted molar refractivity (Wildman–Crippen MR) is 91.1 cm³/mol. The maximum atomic E-state index is 13.6. The minimum absolute atomic E-state index is 0.0672. The van der Waals surface area contributed by atoms with Crippen LogP contribution in [0.15, 0.2) is 23.9 Å². The van der Waals surface area contributed by atoms with E-state index in [1.54, 1.807) is 4.90 Å². The summed E-state index contributed by atoms with van der Waals surface area (Å²) >= 11 is 23.3. The molecule has 0 radical (unpaired) electrons. The third-order valence-electron chi connectivity index (χ3n) is 2.72. The molecule has 1 aromatic rings. The Balaban J connectivity index is 3.25. The highest BCUT2D eigenvalue weighted by atomic mass is 35.5. The van der Waals surface area contributed by atoms with Crippen LogP contribution in [0.4, 0.5) is 4.39 Å². The first kappa shape index (κ1) is 19.2. The largest absolute Gasteiger partial charge is 0.363 e. The highest BCUT2D eigenvalue weighted by Crippen LogP contribution is 2.29. The second kappa shape index (κ2) is 8.70. The fourth-order valence-corrected chi connectivity index (χ4v) is 2.53. The summed E-state index contributed by atoms with van der Waals surface area (Å²) in [6, 6.07) is 2.55. The maximum Gasteiger partial charge on any atom is 0.144 e. The highest BCUT2D eigenvalue weighted by molar-refractivity contribution is 6.71. The first-order chi connectivity index (χ1) is 10.3. The van der Waals surface area contributed by atoms with Gasteiger partial charge in [0.25, 0.3) is 0 Å². The molecule has 0 unspecified atom stereocenters. The molecule has 0 aromatic heterocycles. The molecule has 1 rings (SSSR count). The summed E-state index contributed by atoms with van der Waals surface area (Å²) in [6.45, 7) is 0.591. The van der Waals surface area contributed by atoms with E-state index in [-0.39, 0.29) is 45.7 Å². The van der Waals surface area contributed by atoms with E-state index in [0.717, 1.165) is 6.07 Å². The third kappa shape index (κ3) is 5.11. The van der Waals surface area contributed by atoms with Gasteiger partial charge in [-0.05, 0) is 12.1 Å². The van der Waals surface area contributed by atoms with Gasteiger partial charge < -0.3 is 10.6 Å². The Morgan fingerprint density at radius 3 is 2.41 bits per heavy atom. The zero-order valence-electron chi connectivity index (χ0n) is 11.3. The molecule has 9 heteroatoms. The summed E-state index contributed by atoms with van der Waals surface area (Å²) < 4.78 is 13.6. The number of rotatable bonds is 7. The van der Waals surface area contributed by atoms with Crippen LogP contribution in [0.3, 0.4) is 0 Å². The smallest absolute Gasteiger partial charge is 0.144 e. The van der Waals surface area contributed by atoms with Gasteiger partial charge in [0, 0.05) is 36.3 Å². The van der Waals surface area contributed by atoms with Crippen molar-refractivity contribution in [2.24, 2.45) is 5.73 Å². The molecule has 0 saturated heterocycles. The lowest BCUT2D eigenvalue weighted by Gasteiger charge is -2.27. The van der Waals surface area contributed by atoms with Gasteiger partial charge in [-0.3, -0.25) is 10.8 Å². The molecule has 0 aliphatic carbocycles. The Hall–Kier alpha value is -0.850. The second-order valence-corrected chi connectivity index (χ2v) is 5.79. The molecule has 0 amide bonds. The van der Waals surface area contributed by atoms with Crippen molar-refractivity contribution in [2.75, 3.05) is 13.1 Å². The summed E-state index contributed by atoms with van der Waals surface area (Å²) in [6.07, 6.45) is 1.20. The lowest BCUT2D eigenvalue weighted by molar-refractivity contribution is 0.363. The molecule has 4 N–H and O–H groups in total. The van der Waals surface area contributed by atoms with E-state index in [2.05, 4.69) is 0 Å². The molecule has 0 saturated carbocycles. The quantitative estimate of drug-likeness (QED) is 0.485. The molecule has 0 heterocycles. The summed E-state index contributed by atoms with van der Waals surface area (Å²) in [5.74, 6) is -0.606. The summed E-state index contributed by atoms with van der Waals surface area (Å²) in [5.41, 5.74) is 6.05. The average molecular weight is 386 g/mol. The minimum atomic E-state index is -0.606. The first-order valence-corrected chi connectivity index (χ1v) is 7.56. The van der Waals surface area contributed by atoms with Crippen LogP contribution in [0.2, 0.25) is 10.0 Å². The van der Waals surface area contributed by atoms with Gasteiger partial charge in [0.05, 0.1) is 10.7 Å². The molecule has 0 spiro atoms. The first-order valence-electron chi connectivity index (χ1n) is 6.05. The Bertz CT molecular complexity index is 618. The van der Waals surface area contributed by atoms with Crippen molar-refractivity contribution < 1.29 is 4.39 Å². The van der Waals surface area contributed by atoms with Crippen molar-refractivity contribution in [3.05, 3.63) is 45.3 Å². The van der Waals surface area contributed by atoms with Crippen molar-refractivity contribution in [2.45, 2.75) is 6.54 Å². The van der Waals surface area contributed by atoms with Gasteiger partial charge in [-0.1, -0.05) is 46.4 Å². The van der Waals surface area contributed by atoms with Gasteiger partial charge in [-0.25, -0.2) is 4.39 Å². The van der Waals surface area contributed by atoms with Gasteiger partial charge in [0.1, 0.15) is 16.2 Å². The van der Waals surface area contributed by atoms with Crippen molar-refractivity contribution in [3.63, 3.8) is 0 Å². The zero-order valence-corrected chi connectivity index (χ0v) is 14.3. The summed E-state index contributed by atoms with van der Waals surface area (Å²) in [7, 11) is 0. The van der Waals surface area contributed by atoms with Crippen LogP contribution < -0.4 is 5.73 Å². The molecule has 0 fully saturated rings. The maximum absolute atomic E-state index is 13.6. The number of nitrogens with two attached hydrogens (primary N) is 1. The van der Waals surface area contributed by atoms with E-state index in [1.807, 2.05) is 0 Å². The summed E-state index contributed by atoms with van der Waals surface area (Å²) in [5, 5.41) is 14.4. The van der Waals surface area contributed by atoms with Crippen LogP contribution in [0.1, 0.15) is 5.56 Å². The van der Waals surface area contributed by atoms with Crippen molar-refractivity contribution in [1.29, 1.82) is 10.8 Å². The van der Waals surface area contributed by atoms with E-state index in [9.17, 15) is 4.39 Å². The van der Waals surface area contributed by atoms with Crippen molar-refractivity contribution in [3.8, 4) is 0 Å². The zero-order chi connectivity index (χ0) is 16.9. The van der Waals surface area contributed by atoms with Gasteiger partial charge in [-0.2, -0.15) is 0 Å². The van der Waals surface area contributed by atoms with E-state index < -0.39 is 5.82 Å². The number of benzene rings is 1. The van der Waals surface area contributed by atoms with E-state index >= 15 is 0 Å². The summed E-state index contributed by atoms with van der Waals surface area (Å²) in [4.78, 5) is 1.55. The Morgan fingerprint density at radius 2 is 1.91 bits per heavy atom. The molecule has 22 heavy (non-hydrogen) atoms. The fraction of sp³-hybridized carbons (Fsp3) is 0.231. The number of hydrogen-bond acceptors (Lipinski definition) is 4. The van der Waals surface area contributed by atoms with E-state index in [4.69, 9.17) is 63.0 Å². The number of nitrogens with one attached hydrogen (secondary N) is 2. The molecular formula is C13H13Cl4FN4. The topological polar surface area (TPSA) is 77.0 Å². The van der Waals surface area contributed by atoms with Crippen molar-refractivity contribution in [1.82, 2.24) is 4.90 Å². The van der Waals surface area contributed by atoms with Gasteiger partial charge >= 0.3 is 0 Å². The molecular weight excluding hydrogens is 373 g/mol. The Kier molecular flexibility index (Phi) is 7.59. The lowest BCUT2D eigenvalue weighted by Crippen LogP contribution is -2.31. The van der Waals surface area contributed by atoms with Gasteiger partial charge in [0.2, 0.25) is 0 Å². The van der Waals surface area contributed by atoms with E-state index in [1.165, 1.54) is 12.1 Å². The predicted octanol–water partition coefficient (Wildman–Crippen LogP) is 4.21. The van der Waals surface area contributed by atoms with Crippen LogP contribution in [-0.2, 0) is 6.54 Å². The standard InChI is InChI=1S/C13H13Cl4FN4/c14-8-1-2-9(18)12(16)7(8)6-22(4-3-19)10(13(17)21)5-11(15)20/h1-2,5,20-21H,3-4,6,19H2. The average Bonchev–Trinajstić information content (AvgIpc) is 2.43. The van der Waals surface area contributed by atoms with Gasteiger partial charge in [0.15, 0.2) is 0 Å². The number of hydrogen-bond donors (Lipinski definition) is 3. The normalized spacial score (nSPS) is 11.5. The number of nitrogens with zero attached hydrogens (tertiary/aromatic N) is 1. The molecule has 1 aromatic carbocycles. The van der Waals surface area contributed by atoms with Crippen LogP contribution in [0.5, 0.6) is 0 Å². The molecule has 0 atom stereocenters. The molecule has 120 valence electrons. The van der Waals surface area contributed by atoms with Crippen LogP contribution in [-0.4, -0.2) is 28.3 Å². The van der Waals surface area contributed by atoms with Crippen molar-refractivity contribution >= 4 is 56.7 Å². The van der Waals surface area contributed by atoms with Crippen LogP contribution in [0, 0.1) is 16.6 Å². The number of halogens is 5. The van der Waals surface area contributed by atoms with Gasteiger partial charge in [-0.15, -0.1) is 0 Å². The van der Waals surface area contributed by atoms with Crippen LogP contribution in [0.25, 0.3) is 0 Å². The minimum Gasteiger partial charge on any atom is -0.363 e. The monoisotopic (exact) mass is 384 g/mol. The Labute approximate surface area is 147 Å². The highest BCUT2D eigenvalue weighted by Gasteiger charge is 2.18. The molecule has 0 bridgehead atoms. The van der Waals surface area contributed by atoms with E-state index in [0.29, 0.717) is 5.56 Å². The lowest BCUT2D eigenvalue weighted by atomic mass is 10.2. The Morgan fingerprint density at radius 1 is 1.27 bits per heavy atom. The fourth-order valence-electron chi connectivity index (χ4n) is 1.76.